The molecule has 0 aliphatic heterocycles. The Morgan fingerprint density at radius 2 is 1.93 bits per heavy atom. The van der Waals surface area contributed by atoms with Crippen LogP contribution in [0.3, 0.4) is 0 Å². The van der Waals surface area contributed by atoms with Gasteiger partial charge in [-0.1, -0.05) is 18.2 Å². The van der Waals surface area contributed by atoms with Gasteiger partial charge in [-0.15, -0.1) is 0 Å². The number of nitrogens with one attached hydrogen (secondary N) is 1. The minimum atomic E-state index is 0.635. The lowest BCUT2D eigenvalue weighted by atomic mass is 10.2. The van der Waals surface area contributed by atoms with Crippen molar-refractivity contribution in [3.63, 3.8) is 0 Å². The van der Waals surface area contributed by atoms with Gasteiger partial charge in [-0.3, -0.25) is 0 Å². The van der Waals surface area contributed by atoms with Gasteiger partial charge in [-0.25, -0.2) is 0 Å². The van der Waals surface area contributed by atoms with E-state index in [1.807, 2.05) is 18.2 Å². The Morgan fingerprint density at radius 3 is 2.64 bits per heavy atom. The number of benzene rings is 1. The van der Waals surface area contributed by atoms with Crippen molar-refractivity contribution in [2.24, 2.45) is 0 Å². The van der Waals surface area contributed by atoms with Gasteiger partial charge >= 0.3 is 0 Å². The van der Waals surface area contributed by atoms with E-state index in [0.29, 0.717) is 13.2 Å². The number of rotatable bonds is 6. The zero-order valence-electron chi connectivity index (χ0n) is 8.75. The molecule has 1 aromatic carbocycles. The molecule has 0 bridgehead atoms. The Morgan fingerprint density at radius 1 is 1.14 bits per heavy atom. The van der Waals surface area contributed by atoms with Crippen LogP contribution in [0.4, 0.5) is 5.69 Å². The molecule has 14 heavy (non-hydrogen) atoms. The van der Waals surface area contributed by atoms with E-state index in [0.717, 1.165) is 12.2 Å². The van der Waals surface area contributed by atoms with Crippen molar-refractivity contribution in [2.75, 3.05) is 32.7 Å². The molecule has 1 rings (SSSR count). The minimum Gasteiger partial charge on any atom is -0.383 e. The highest BCUT2D eigenvalue weighted by molar-refractivity contribution is 5.50. The van der Waals surface area contributed by atoms with Crippen LogP contribution >= 0.6 is 0 Å². The first-order valence-electron chi connectivity index (χ1n) is 4.68. The molecule has 0 unspecified atom stereocenters. The maximum Gasteiger partial charge on any atom is 0.0733 e. The van der Waals surface area contributed by atoms with Crippen LogP contribution in [0.1, 0.15) is 5.56 Å². The third-order valence-electron chi connectivity index (χ3n) is 1.94. The summed E-state index contributed by atoms with van der Waals surface area (Å²) in [6, 6.07) is 8.12. The molecule has 0 saturated carbocycles. The van der Waals surface area contributed by atoms with E-state index in [2.05, 4.69) is 11.4 Å². The summed E-state index contributed by atoms with van der Waals surface area (Å²) >= 11 is 0. The second-order valence-electron chi connectivity index (χ2n) is 3.01. The Bertz CT molecular complexity index is 263. The van der Waals surface area contributed by atoms with Gasteiger partial charge < -0.3 is 14.8 Å². The Kier molecular flexibility index (Phi) is 5.04. The molecule has 0 heterocycles. The average molecular weight is 195 g/mol. The quantitative estimate of drug-likeness (QED) is 0.703. The molecule has 1 N–H and O–H groups in total. The van der Waals surface area contributed by atoms with Gasteiger partial charge in [0, 0.05) is 32.0 Å². The van der Waals surface area contributed by atoms with Crippen molar-refractivity contribution >= 4 is 5.69 Å². The topological polar surface area (TPSA) is 30.5 Å². The van der Waals surface area contributed by atoms with Gasteiger partial charge in [0.1, 0.15) is 0 Å². The predicted molar refractivity (Wildman–Crippen MR) is 57.5 cm³/mol. The van der Waals surface area contributed by atoms with Crippen molar-refractivity contribution < 1.29 is 9.47 Å². The fraction of sp³-hybridized carbons (Fsp3) is 0.455. The molecule has 0 aromatic heterocycles. The lowest BCUT2D eigenvalue weighted by Gasteiger charge is -2.10. The largest absolute Gasteiger partial charge is 0.383 e. The lowest BCUT2D eigenvalue weighted by molar-refractivity contribution is 0.185. The summed E-state index contributed by atoms with van der Waals surface area (Å²) in [5.74, 6) is 0. The van der Waals surface area contributed by atoms with Crippen molar-refractivity contribution in [2.45, 2.75) is 6.61 Å². The van der Waals surface area contributed by atoms with Crippen LogP contribution in [0.25, 0.3) is 0 Å². The van der Waals surface area contributed by atoms with E-state index in [1.165, 1.54) is 5.56 Å². The van der Waals surface area contributed by atoms with Crippen LogP contribution in [0.15, 0.2) is 24.3 Å². The third kappa shape index (κ3) is 3.36. The van der Waals surface area contributed by atoms with Crippen LogP contribution in [-0.4, -0.2) is 27.4 Å². The summed E-state index contributed by atoms with van der Waals surface area (Å²) in [6.45, 7) is 2.16. The molecule has 78 valence electrons. The summed E-state index contributed by atoms with van der Waals surface area (Å²) in [7, 11) is 3.40. The fourth-order valence-corrected chi connectivity index (χ4v) is 1.26. The van der Waals surface area contributed by atoms with Crippen molar-refractivity contribution in [3.8, 4) is 0 Å². The van der Waals surface area contributed by atoms with E-state index >= 15 is 0 Å². The molecule has 0 radical (unpaired) electrons. The molecule has 0 fully saturated rings. The molecule has 0 spiro atoms. The smallest absolute Gasteiger partial charge is 0.0733 e. The molecule has 1 aromatic rings. The number of methoxy groups -OCH3 is 2. The summed E-state index contributed by atoms with van der Waals surface area (Å²) in [5.41, 5.74) is 2.29. The average Bonchev–Trinajstić information content (AvgIpc) is 2.21. The summed E-state index contributed by atoms with van der Waals surface area (Å²) < 4.78 is 10.1. The van der Waals surface area contributed by atoms with E-state index in [-0.39, 0.29) is 0 Å². The summed E-state index contributed by atoms with van der Waals surface area (Å²) in [6.07, 6.45) is 0. The molecular weight excluding hydrogens is 178 g/mol. The van der Waals surface area contributed by atoms with Gasteiger partial charge in [0.2, 0.25) is 0 Å². The first kappa shape index (κ1) is 11.0. The van der Waals surface area contributed by atoms with Crippen molar-refractivity contribution in [3.05, 3.63) is 29.8 Å². The maximum atomic E-state index is 5.10. The Balaban J connectivity index is 2.55. The number of para-hydroxylation sites is 1. The van der Waals surface area contributed by atoms with Crippen LogP contribution in [0.2, 0.25) is 0 Å². The first-order chi connectivity index (χ1) is 6.88. The second-order valence-corrected chi connectivity index (χ2v) is 3.01. The standard InChI is InChI=1S/C11H17NO2/c1-13-8-7-12-11-6-4-3-5-10(11)9-14-2/h3-6,12H,7-9H2,1-2H3. The van der Waals surface area contributed by atoms with Gasteiger partial charge in [0.25, 0.3) is 0 Å². The summed E-state index contributed by atoms with van der Waals surface area (Å²) in [5, 5.41) is 3.29. The van der Waals surface area contributed by atoms with Gasteiger partial charge in [0.05, 0.1) is 13.2 Å². The molecule has 0 amide bonds. The SMILES string of the molecule is COCCNc1ccccc1COC. The maximum absolute atomic E-state index is 5.10. The van der Waals surface area contributed by atoms with Crippen LogP contribution in [-0.2, 0) is 16.1 Å². The zero-order chi connectivity index (χ0) is 10.2. The van der Waals surface area contributed by atoms with Gasteiger partial charge in [-0.2, -0.15) is 0 Å². The van der Waals surface area contributed by atoms with E-state index in [4.69, 9.17) is 9.47 Å². The Labute approximate surface area is 85.0 Å². The van der Waals surface area contributed by atoms with Crippen LogP contribution in [0, 0.1) is 0 Å². The normalized spacial score (nSPS) is 10.1. The molecule has 0 atom stereocenters. The minimum absolute atomic E-state index is 0.635. The van der Waals surface area contributed by atoms with Gasteiger partial charge in [0.15, 0.2) is 0 Å². The fourth-order valence-electron chi connectivity index (χ4n) is 1.26. The lowest BCUT2D eigenvalue weighted by Crippen LogP contribution is -2.09. The van der Waals surface area contributed by atoms with Crippen molar-refractivity contribution in [1.82, 2.24) is 0 Å². The van der Waals surface area contributed by atoms with Gasteiger partial charge in [-0.05, 0) is 6.07 Å². The molecule has 0 saturated heterocycles. The molecular formula is C11H17NO2. The molecule has 3 nitrogen and oxygen atoms in total. The second kappa shape index (κ2) is 6.40. The number of anilines is 1. The van der Waals surface area contributed by atoms with E-state index < -0.39 is 0 Å². The molecule has 0 aliphatic carbocycles. The number of hydrogen-bond acceptors (Lipinski definition) is 3. The highest BCUT2D eigenvalue weighted by Gasteiger charge is 1.99. The predicted octanol–water partition coefficient (Wildman–Crippen LogP) is 1.89. The zero-order valence-corrected chi connectivity index (χ0v) is 8.75. The molecule has 0 aliphatic rings. The third-order valence-corrected chi connectivity index (χ3v) is 1.94. The highest BCUT2D eigenvalue weighted by Crippen LogP contribution is 2.15. The van der Waals surface area contributed by atoms with E-state index in [9.17, 15) is 0 Å². The summed E-state index contributed by atoms with van der Waals surface area (Å²) in [4.78, 5) is 0. The van der Waals surface area contributed by atoms with Crippen molar-refractivity contribution in [1.29, 1.82) is 0 Å². The van der Waals surface area contributed by atoms with E-state index in [1.54, 1.807) is 14.2 Å². The van der Waals surface area contributed by atoms with Crippen LogP contribution < -0.4 is 5.32 Å². The first-order valence-corrected chi connectivity index (χ1v) is 4.68. The monoisotopic (exact) mass is 195 g/mol. The van der Waals surface area contributed by atoms with Crippen LogP contribution in [0.5, 0.6) is 0 Å². The highest BCUT2D eigenvalue weighted by atomic mass is 16.5. The number of hydrogen-bond donors (Lipinski definition) is 1. The number of ether oxygens (including phenoxy) is 2. The molecule has 3 heteroatoms. The Hall–Kier alpha value is -1.06.